The van der Waals surface area contributed by atoms with Gasteiger partial charge in [0.15, 0.2) is 15.6 Å². The van der Waals surface area contributed by atoms with Crippen LogP contribution < -0.4 is 5.73 Å². The summed E-state index contributed by atoms with van der Waals surface area (Å²) in [5.74, 6) is -2.52. The highest BCUT2D eigenvalue weighted by atomic mass is 32.3. The van der Waals surface area contributed by atoms with Crippen LogP contribution in [-0.2, 0) is 62.3 Å². The fourth-order valence-corrected chi connectivity index (χ4v) is 7.58. The first-order chi connectivity index (χ1) is 25.9. The molecule has 30 heteroatoms. The lowest BCUT2D eigenvalue weighted by atomic mass is 10.1. The maximum Gasteiger partial charge on any atom is 0.397 e. The Kier molecular flexibility index (Phi) is 16.8. The van der Waals surface area contributed by atoms with Crippen LogP contribution in [0.1, 0.15) is 0 Å². The van der Waals surface area contributed by atoms with E-state index in [4.69, 9.17) is 25.0 Å². The van der Waals surface area contributed by atoms with Gasteiger partial charge in [0.25, 0.3) is 10.1 Å². The van der Waals surface area contributed by atoms with Crippen molar-refractivity contribution in [1.82, 2.24) is 0 Å². The molecular weight excluding hydrogens is 879 g/mol. The molecule has 0 aliphatic rings. The third kappa shape index (κ3) is 13.0. The molecule has 4 rings (SSSR count). The van der Waals surface area contributed by atoms with Crippen LogP contribution in [0.2, 0.25) is 0 Å². The molecule has 0 spiro atoms. The molecule has 24 nitrogen and oxygen atoms in total. The number of carbonyl (C=O) groups is 1. The molecule has 0 saturated carbocycles. The van der Waals surface area contributed by atoms with Crippen molar-refractivity contribution >= 4 is 112 Å². The van der Waals surface area contributed by atoms with Crippen molar-refractivity contribution in [2.24, 2.45) is 20.5 Å². The van der Waals surface area contributed by atoms with Gasteiger partial charge in [-0.15, -0.1) is 18.9 Å². The highest BCUT2D eigenvalue weighted by Gasteiger charge is 2.26. The molecule has 0 saturated heterocycles. The molecule has 4 aromatic rings. The second kappa shape index (κ2) is 20.4. The van der Waals surface area contributed by atoms with Gasteiger partial charge in [0.05, 0.1) is 68.7 Å². The highest BCUT2D eigenvalue weighted by molar-refractivity contribution is 7.96. The molecule has 0 radical (unpaired) electrons. The SMILES string of the molecule is Nc1c(N=Nc2ccc(S(=O)(=O)CCOS(=O)(=O)O)cc2)c(S(=O)(=O)O)cc2cc(SOOO)c(N=Nc3ccc(SOC(=O)CSOOO)cc3)c(O)c12.O. The van der Waals surface area contributed by atoms with Gasteiger partial charge >= 0.3 is 16.4 Å². The summed E-state index contributed by atoms with van der Waals surface area (Å²) in [6, 6.07) is 12.5. The lowest BCUT2D eigenvalue weighted by molar-refractivity contribution is -0.432. The summed E-state index contributed by atoms with van der Waals surface area (Å²) in [6.07, 6.45) is 0. The lowest BCUT2D eigenvalue weighted by Crippen LogP contribution is -2.15. The Morgan fingerprint density at radius 1 is 0.786 bits per heavy atom. The topological polar surface area (TPSA) is 383 Å². The second-order valence-electron chi connectivity index (χ2n) is 9.91. The predicted molar refractivity (Wildman–Crippen MR) is 194 cm³/mol. The first-order valence-electron chi connectivity index (χ1n) is 14.0. The normalized spacial score (nSPS) is 12.4. The Morgan fingerprint density at radius 3 is 1.95 bits per heavy atom. The zero-order valence-electron chi connectivity index (χ0n) is 27.3. The second-order valence-corrected chi connectivity index (χ2v) is 16.7. The number of nitrogens with zero attached hydrogens (tertiary/aromatic N) is 4. The van der Waals surface area contributed by atoms with Crippen molar-refractivity contribution < 1.29 is 87.4 Å². The molecular formula is C26H25N5O19S6. The van der Waals surface area contributed by atoms with Crippen molar-refractivity contribution in [2.75, 3.05) is 23.8 Å². The zero-order valence-corrected chi connectivity index (χ0v) is 32.2. The van der Waals surface area contributed by atoms with Gasteiger partial charge in [-0.3, -0.25) is 13.9 Å². The standard InChI is InChI=1S/C26H23N5O18S6.H2O/c27-23-22-14(12-20(54(38,39)40)25(23)31-29-16-3-7-18(8-4-16)53(36,37)10-9-44-55(41,42)43)11-19(52-49-47-35)24(26(22)33)30-28-15-1-5-17(6-2-15)51-45-21(32)13-50-48-46-34;/h1-8,11-12,33-35H,9-10,13,27H2,(H,38,39,40)(H,41,42,43);1H2. The zero-order chi connectivity index (χ0) is 40.4. The van der Waals surface area contributed by atoms with E-state index in [1.165, 1.54) is 30.3 Å². The molecule has 9 N–H and O–H groups in total. The van der Waals surface area contributed by atoms with Crippen molar-refractivity contribution in [3.05, 3.63) is 60.7 Å². The molecule has 0 aromatic heterocycles. The summed E-state index contributed by atoms with van der Waals surface area (Å²) in [6.45, 7) is -0.866. The number of phenolic OH excluding ortho intramolecular Hbond substituents is 1. The van der Waals surface area contributed by atoms with Crippen LogP contribution in [0.4, 0.5) is 28.4 Å². The molecule has 0 atom stereocenters. The summed E-state index contributed by atoms with van der Waals surface area (Å²) >= 11 is 1.51. The summed E-state index contributed by atoms with van der Waals surface area (Å²) in [4.78, 5) is 10.9. The first-order valence-corrected chi connectivity index (χ1v) is 20.9. The fourth-order valence-electron chi connectivity index (χ4n) is 4.11. The monoisotopic (exact) mass is 903 g/mol. The maximum atomic E-state index is 12.5. The molecule has 0 amide bonds. The average Bonchev–Trinajstić information content (AvgIpc) is 3.11. The molecule has 0 heterocycles. The molecule has 0 aliphatic heterocycles. The van der Waals surface area contributed by atoms with Gasteiger partial charge in [0, 0.05) is 16.9 Å². The minimum absolute atomic E-state index is 0. The van der Waals surface area contributed by atoms with E-state index >= 15 is 0 Å². The predicted octanol–water partition coefficient (Wildman–Crippen LogP) is 5.02. The number of rotatable bonds is 19. The van der Waals surface area contributed by atoms with Crippen molar-refractivity contribution in [1.29, 1.82) is 0 Å². The van der Waals surface area contributed by atoms with E-state index in [1.54, 1.807) is 0 Å². The molecule has 56 heavy (non-hydrogen) atoms. The van der Waals surface area contributed by atoms with Gasteiger partial charge in [-0.2, -0.15) is 27.1 Å². The van der Waals surface area contributed by atoms with Gasteiger partial charge in [0.1, 0.15) is 22.0 Å². The van der Waals surface area contributed by atoms with Crippen LogP contribution in [-0.4, -0.2) is 79.5 Å². The molecule has 0 bridgehead atoms. The Labute approximate surface area is 327 Å². The largest absolute Gasteiger partial charge is 0.505 e. The van der Waals surface area contributed by atoms with E-state index in [-0.39, 0.29) is 48.9 Å². The van der Waals surface area contributed by atoms with Gasteiger partial charge in [0.2, 0.25) is 0 Å². The number of nitrogen functional groups attached to an aromatic ring is 1. The average molecular weight is 904 g/mol. The Morgan fingerprint density at radius 2 is 1.38 bits per heavy atom. The quantitative estimate of drug-likeness (QED) is 0.0137. The summed E-state index contributed by atoms with van der Waals surface area (Å²) in [7, 11) is -14.0. The van der Waals surface area contributed by atoms with E-state index in [1.807, 2.05) is 0 Å². The molecule has 4 aromatic carbocycles. The molecule has 0 aliphatic carbocycles. The number of hydrogen-bond acceptors (Lipinski definition) is 24. The smallest absolute Gasteiger partial charge is 0.397 e. The minimum Gasteiger partial charge on any atom is -0.505 e. The van der Waals surface area contributed by atoms with Gasteiger partial charge in [-0.25, -0.2) is 23.1 Å². The number of aromatic hydroxyl groups is 1. The highest BCUT2D eigenvalue weighted by Crippen LogP contribution is 2.49. The maximum absolute atomic E-state index is 12.5. The van der Waals surface area contributed by atoms with Crippen LogP contribution in [0.3, 0.4) is 0 Å². The van der Waals surface area contributed by atoms with Gasteiger partial charge in [-0.1, -0.05) is 10.1 Å². The minimum atomic E-state index is -5.08. The van der Waals surface area contributed by atoms with E-state index in [0.29, 0.717) is 41.0 Å². The van der Waals surface area contributed by atoms with E-state index in [2.05, 4.69) is 43.4 Å². The summed E-state index contributed by atoms with van der Waals surface area (Å²) in [5.41, 5.74) is 4.94. The number of sulfone groups is 1. The van der Waals surface area contributed by atoms with Crippen molar-refractivity contribution in [2.45, 2.75) is 19.6 Å². The first kappa shape index (κ1) is 46.3. The van der Waals surface area contributed by atoms with Crippen molar-refractivity contribution in [3.63, 3.8) is 0 Å². The summed E-state index contributed by atoms with van der Waals surface area (Å²) < 4.78 is 107. The van der Waals surface area contributed by atoms with E-state index in [9.17, 15) is 39.7 Å². The van der Waals surface area contributed by atoms with Crippen LogP contribution in [0.25, 0.3) is 10.8 Å². The van der Waals surface area contributed by atoms with Gasteiger partial charge in [-0.05, 0) is 66.0 Å². The fraction of sp³-hybridized carbons (Fsp3) is 0.115. The number of fused-ring (bicyclic) bond motifs is 1. The van der Waals surface area contributed by atoms with E-state index < -0.39 is 70.7 Å². The van der Waals surface area contributed by atoms with Crippen LogP contribution in [0, 0.1) is 0 Å². The number of phenols is 1. The number of carbonyl (C=O) groups excluding carboxylic acids is 1. The van der Waals surface area contributed by atoms with Crippen LogP contribution in [0.5, 0.6) is 5.75 Å². The number of benzene rings is 4. The van der Waals surface area contributed by atoms with E-state index in [0.717, 1.165) is 30.3 Å². The third-order valence-corrected chi connectivity index (χ3v) is 11.3. The number of anilines is 1. The number of azo groups is 2. The number of nitrogens with two attached hydrogens (primary N) is 1. The lowest BCUT2D eigenvalue weighted by Gasteiger charge is -2.14. The number of hydrogen-bond donors (Lipinski definition) is 6. The van der Waals surface area contributed by atoms with Crippen LogP contribution >= 0.6 is 36.1 Å². The summed E-state index contributed by atoms with van der Waals surface area (Å²) in [5, 5.41) is 50.6. The molecule has 0 fully saturated rings. The molecule has 0 unspecified atom stereocenters. The molecule has 304 valence electrons. The van der Waals surface area contributed by atoms with Crippen LogP contribution in [0.15, 0.2) is 101 Å². The third-order valence-electron chi connectivity index (χ3n) is 6.38. The van der Waals surface area contributed by atoms with Crippen molar-refractivity contribution in [3.8, 4) is 5.75 Å². The Bertz CT molecular complexity index is 2420. The van der Waals surface area contributed by atoms with Gasteiger partial charge < -0.3 is 20.5 Å². The Balaban J connectivity index is 0.00000841. The Hall–Kier alpha value is -4.09.